The maximum absolute atomic E-state index is 5.56. The highest BCUT2D eigenvalue weighted by atomic mass is 15.1. The number of rotatable bonds is 2. The zero-order valence-corrected chi connectivity index (χ0v) is 9.23. The molecule has 2 aromatic rings. The molecule has 0 saturated heterocycles. The lowest BCUT2D eigenvalue weighted by atomic mass is 10.3. The van der Waals surface area contributed by atoms with Gasteiger partial charge in [-0.15, -0.1) is 0 Å². The zero-order valence-electron chi connectivity index (χ0n) is 9.23. The van der Waals surface area contributed by atoms with Gasteiger partial charge in [0, 0.05) is 17.5 Å². The van der Waals surface area contributed by atoms with Crippen molar-refractivity contribution in [3.8, 4) is 0 Å². The van der Waals surface area contributed by atoms with Gasteiger partial charge < -0.3 is 11.1 Å². The van der Waals surface area contributed by atoms with E-state index in [1.807, 2.05) is 32.0 Å². The van der Waals surface area contributed by atoms with E-state index in [4.69, 9.17) is 5.73 Å². The van der Waals surface area contributed by atoms with E-state index in [9.17, 15) is 0 Å². The molecule has 0 amide bonds. The summed E-state index contributed by atoms with van der Waals surface area (Å²) in [5.74, 6) is 0.943. The van der Waals surface area contributed by atoms with Gasteiger partial charge in [-0.1, -0.05) is 0 Å². The minimum absolute atomic E-state index is 0.266. The van der Waals surface area contributed by atoms with Crippen LogP contribution in [0.1, 0.15) is 11.4 Å². The molecule has 16 heavy (non-hydrogen) atoms. The van der Waals surface area contributed by atoms with E-state index in [2.05, 4.69) is 20.3 Å². The Hall–Kier alpha value is -2.17. The van der Waals surface area contributed by atoms with Crippen molar-refractivity contribution in [2.75, 3.05) is 11.1 Å². The number of hydrogen-bond acceptors (Lipinski definition) is 5. The van der Waals surface area contributed by atoms with Crippen LogP contribution < -0.4 is 11.1 Å². The van der Waals surface area contributed by atoms with Crippen LogP contribution in [0.4, 0.5) is 17.5 Å². The topological polar surface area (TPSA) is 76.7 Å². The Morgan fingerprint density at radius 1 is 1.12 bits per heavy atom. The predicted octanol–water partition coefficient (Wildman–Crippen LogP) is 1.81. The second kappa shape index (κ2) is 4.14. The minimum Gasteiger partial charge on any atom is -0.368 e. The quantitative estimate of drug-likeness (QED) is 0.799. The number of aryl methyl sites for hydroxylation is 2. The summed E-state index contributed by atoms with van der Waals surface area (Å²) >= 11 is 0. The van der Waals surface area contributed by atoms with Gasteiger partial charge in [-0.05, 0) is 26.0 Å². The molecule has 0 aliphatic heterocycles. The normalized spacial score (nSPS) is 10.1. The summed E-state index contributed by atoms with van der Waals surface area (Å²) in [6.07, 6.45) is 1.75. The second-order valence-electron chi connectivity index (χ2n) is 3.57. The zero-order chi connectivity index (χ0) is 11.5. The fourth-order valence-corrected chi connectivity index (χ4v) is 1.35. The van der Waals surface area contributed by atoms with Crippen molar-refractivity contribution in [3.05, 3.63) is 35.8 Å². The Bertz CT molecular complexity index is 472. The average Bonchev–Trinajstić information content (AvgIpc) is 2.20. The number of pyridine rings is 1. The van der Waals surface area contributed by atoms with E-state index in [0.29, 0.717) is 5.82 Å². The highest BCUT2D eigenvalue weighted by Gasteiger charge is 1.99. The highest BCUT2D eigenvalue weighted by Crippen LogP contribution is 2.14. The number of hydrogen-bond donors (Lipinski definition) is 2. The van der Waals surface area contributed by atoms with Gasteiger partial charge >= 0.3 is 0 Å². The van der Waals surface area contributed by atoms with Crippen LogP contribution in [0.25, 0.3) is 0 Å². The molecule has 2 aromatic heterocycles. The molecule has 0 aliphatic rings. The minimum atomic E-state index is 0.266. The van der Waals surface area contributed by atoms with Crippen LogP contribution in [-0.2, 0) is 0 Å². The molecule has 82 valence electrons. The average molecular weight is 215 g/mol. The van der Waals surface area contributed by atoms with Gasteiger partial charge in [-0.25, -0.2) is 4.98 Å². The van der Waals surface area contributed by atoms with Crippen LogP contribution in [0.2, 0.25) is 0 Å². The smallest absolute Gasteiger partial charge is 0.222 e. The largest absolute Gasteiger partial charge is 0.368 e. The number of nitrogen functional groups attached to an aromatic ring is 1. The molecule has 0 unspecified atom stereocenters. The molecule has 2 heterocycles. The molecule has 0 radical (unpaired) electrons. The number of anilines is 3. The maximum Gasteiger partial charge on any atom is 0.222 e. The summed E-state index contributed by atoms with van der Waals surface area (Å²) in [5.41, 5.74) is 8.24. The van der Waals surface area contributed by atoms with Gasteiger partial charge in [0.15, 0.2) is 0 Å². The van der Waals surface area contributed by atoms with Crippen LogP contribution >= 0.6 is 0 Å². The van der Waals surface area contributed by atoms with E-state index in [0.717, 1.165) is 17.1 Å². The van der Waals surface area contributed by atoms with Crippen molar-refractivity contribution >= 4 is 17.5 Å². The molecule has 0 spiro atoms. The molecule has 0 atom stereocenters. The third-order valence-electron chi connectivity index (χ3n) is 2.06. The Morgan fingerprint density at radius 2 is 1.94 bits per heavy atom. The first-order valence-electron chi connectivity index (χ1n) is 4.94. The first-order valence-corrected chi connectivity index (χ1v) is 4.94. The predicted molar refractivity (Wildman–Crippen MR) is 63.4 cm³/mol. The van der Waals surface area contributed by atoms with Crippen LogP contribution in [0.5, 0.6) is 0 Å². The molecule has 0 aliphatic carbocycles. The summed E-state index contributed by atoms with van der Waals surface area (Å²) in [6, 6.07) is 5.70. The number of aromatic nitrogens is 3. The molecule has 3 N–H and O–H groups in total. The van der Waals surface area contributed by atoms with Crippen molar-refractivity contribution in [1.82, 2.24) is 15.0 Å². The molecule has 0 bridgehead atoms. The van der Waals surface area contributed by atoms with Gasteiger partial charge in [-0.3, -0.25) is 4.98 Å². The monoisotopic (exact) mass is 215 g/mol. The molecule has 5 heteroatoms. The third-order valence-corrected chi connectivity index (χ3v) is 2.06. The SMILES string of the molecule is Cc1ccc(Nc2cc(C)nc(N)n2)cn1. The number of nitrogens with zero attached hydrogens (tertiary/aromatic N) is 3. The van der Waals surface area contributed by atoms with Crippen LogP contribution in [-0.4, -0.2) is 15.0 Å². The summed E-state index contributed by atoms with van der Waals surface area (Å²) in [5, 5.41) is 3.12. The summed E-state index contributed by atoms with van der Waals surface area (Å²) in [4.78, 5) is 12.3. The Kier molecular flexibility index (Phi) is 2.68. The van der Waals surface area contributed by atoms with E-state index >= 15 is 0 Å². The molecule has 0 fully saturated rings. The second-order valence-corrected chi connectivity index (χ2v) is 3.57. The van der Waals surface area contributed by atoms with Crippen molar-refractivity contribution in [2.24, 2.45) is 0 Å². The fourth-order valence-electron chi connectivity index (χ4n) is 1.35. The van der Waals surface area contributed by atoms with E-state index in [1.165, 1.54) is 0 Å². The Labute approximate surface area is 93.8 Å². The van der Waals surface area contributed by atoms with Gasteiger partial charge in [0.2, 0.25) is 5.95 Å². The lowest BCUT2D eigenvalue weighted by Gasteiger charge is -2.06. The molecule has 0 aromatic carbocycles. The number of nitrogens with two attached hydrogens (primary N) is 1. The van der Waals surface area contributed by atoms with Crippen molar-refractivity contribution in [3.63, 3.8) is 0 Å². The lowest BCUT2D eigenvalue weighted by Crippen LogP contribution is -2.01. The molecular weight excluding hydrogens is 202 g/mol. The third kappa shape index (κ3) is 2.44. The maximum atomic E-state index is 5.56. The van der Waals surface area contributed by atoms with Gasteiger partial charge in [0.1, 0.15) is 5.82 Å². The van der Waals surface area contributed by atoms with E-state index in [1.54, 1.807) is 6.20 Å². The van der Waals surface area contributed by atoms with E-state index in [-0.39, 0.29) is 5.95 Å². The van der Waals surface area contributed by atoms with Gasteiger partial charge in [0.25, 0.3) is 0 Å². The first kappa shape index (κ1) is 10.4. The summed E-state index contributed by atoms with van der Waals surface area (Å²) in [7, 11) is 0. The van der Waals surface area contributed by atoms with Crippen molar-refractivity contribution in [1.29, 1.82) is 0 Å². The fraction of sp³-hybridized carbons (Fsp3) is 0.182. The Balaban J connectivity index is 2.23. The van der Waals surface area contributed by atoms with Crippen molar-refractivity contribution in [2.45, 2.75) is 13.8 Å². The van der Waals surface area contributed by atoms with Crippen LogP contribution in [0, 0.1) is 13.8 Å². The lowest BCUT2D eigenvalue weighted by molar-refractivity contribution is 1.12. The van der Waals surface area contributed by atoms with Gasteiger partial charge in [-0.2, -0.15) is 4.98 Å². The number of nitrogens with one attached hydrogen (secondary N) is 1. The van der Waals surface area contributed by atoms with Crippen LogP contribution in [0.15, 0.2) is 24.4 Å². The molecular formula is C11H13N5. The summed E-state index contributed by atoms with van der Waals surface area (Å²) < 4.78 is 0. The standard InChI is InChI=1S/C11H13N5/c1-7-3-4-9(6-13-7)15-10-5-8(2)14-11(12)16-10/h3-6H,1-2H3,(H3,12,14,15,16). The van der Waals surface area contributed by atoms with Crippen LogP contribution in [0.3, 0.4) is 0 Å². The molecule has 2 rings (SSSR count). The molecule has 5 nitrogen and oxygen atoms in total. The Morgan fingerprint density at radius 3 is 2.56 bits per heavy atom. The van der Waals surface area contributed by atoms with Crippen molar-refractivity contribution < 1.29 is 0 Å². The first-order chi connectivity index (χ1) is 7.63. The van der Waals surface area contributed by atoms with Gasteiger partial charge in [0.05, 0.1) is 11.9 Å². The highest BCUT2D eigenvalue weighted by molar-refractivity contribution is 5.56. The molecule has 0 saturated carbocycles. The summed E-state index contributed by atoms with van der Waals surface area (Å²) in [6.45, 7) is 3.81. The van der Waals surface area contributed by atoms with E-state index < -0.39 is 0 Å².